The molecule has 0 spiro atoms. The van der Waals surface area contributed by atoms with Crippen molar-refractivity contribution >= 4 is 17.6 Å². The standard InChI is InChI=1S/C21H26N2O7/c1-11(2)16-14(7-6-8-15(16)23(28)29)19-17(20(24)25)12(3)22(9-10-30-5)13(4)18(19)21(26)27/h6-8,11,19H,9-10H2,1-5H3,(H,24,25)(H,26,27). The molecule has 9 heteroatoms. The normalized spacial score (nSPS) is 15.2. The number of hydrogen-bond donors (Lipinski definition) is 2. The molecule has 0 aliphatic carbocycles. The van der Waals surface area contributed by atoms with Crippen molar-refractivity contribution in [2.24, 2.45) is 0 Å². The summed E-state index contributed by atoms with van der Waals surface area (Å²) in [4.78, 5) is 37.3. The summed E-state index contributed by atoms with van der Waals surface area (Å²) in [5, 5.41) is 31.6. The van der Waals surface area contributed by atoms with Crippen LogP contribution < -0.4 is 0 Å². The Bertz CT molecular complexity index is 909. The Morgan fingerprint density at radius 2 is 1.70 bits per heavy atom. The highest BCUT2D eigenvalue weighted by molar-refractivity contribution is 5.98. The maximum Gasteiger partial charge on any atom is 0.334 e. The molecule has 2 N–H and O–H groups in total. The first-order chi connectivity index (χ1) is 14.0. The van der Waals surface area contributed by atoms with Gasteiger partial charge in [-0.25, -0.2) is 9.59 Å². The number of ether oxygens (including phenoxy) is 1. The molecule has 2 rings (SSSR count). The molecule has 0 saturated heterocycles. The van der Waals surface area contributed by atoms with Gasteiger partial charge < -0.3 is 19.8 Å². The first-order valence-electron chi connectivity index (χ1n) is 9.46. The van der Waals surface area contributed by atoms with Crippen molar-refractivity contribution in [2.75, 3.05) is 20.3 Å². The number of allylic oxidation sites excluding steroid dienone is 2. The van der Waals surface area contributed by atoms with Gasteiger partial charge in [-0.05, 0) is 25.3 Å². The molecule has 1 aromatic carbocycles. The van der Waals surface area contributed by atoms with Gasteiger partial charge in [-0.1, -0.05) is 26.0 Å². The third-order valence-corrected chi connectivity index (χ3v) is 5.35. The van der Waals surface area contributed by atoms with E-state index in [1.54, 1.807) is 38.7 Å². The molecule has 162 valence electrons. The molecule has 0 unspecified atom stereocenters. The lowest BCUT2D eigenvalue weighted by Crippen LogP contribution is -2.36. The van der Waals surface area contributed by atoms with Gasteiger partial charge in [0.1, 0.15) is 0 Å². The molecule has 1 aliphatic rings. The van der Waals surface area contributed by atoms with Crippen LogP contribution in [-0.4, -0.2) is 52.2 Å². The maximum atomic E-state index is 12.3. The minimum Gasteiger partial charge on any atom is -0.478 e. The van der Waals surface area contributed by atoms with Crippen molar-refractivity contribution in [2.45, 2.75) is 39.5 Å². The number of nitro benzene ring substituents is 1. The van der Waals surface area contributed by atoms with Crippen LogP contribution in [0.1, 0.15) is 50.7 Å². The maximum absolute atomic E-state index is 12.3. The van der Waals surface area contributed by atoms with Crippen molar-refractivity contribution in [3.8, 4) is 0 Å². The van der Waals surface area contributed by atoms with Crippen molar-refractivity contribution in [3.05, 3.63) is 62.0 Å². The lowest BCUT2D eigenvalue weighted by atomic mass is 9.76. The van der Waals surface area contributed by atoms with Crippen molar-refractivity contribution in [3.63, 3.8) is 0 Å². The first-order valence-corrected chi connectivity index (χ1v) is 9.46. The summed E-state index contributed by atoms with van der Waals surface area (Å²) in [5.41, 5.74) is 1.03. The molecular weight excluding hydrogens is 392 g/mol. The number of aliphatic carboxylic acids is 2. The summed E-state index contributed by atoms with van der Waals surface area (Å²) < 4.78 is 5.08. The highest BCUT2D eigenvalue weighted by Crippen LogP contribution is 2.45. The predicted molar refractivity (Wildman–Crippen MR) is 109 cm³/mol. The zero-order valence-electron chi connectivity index (χ0n) is 17.6. The van der Waals surface area contributed by atoms with E-state index in [4.69, 9.17) is 4.74 Å². The molecule has 30 heavy (non-hydrogen) atoms. The van der Waals surface area contributed by atoms with E-state index in [9.17, 15) is 29.9 Å². The fourth-order valence-corrected chi connectivity index (χ4v) is 4.10. The van der Waals surface area contributed by atoms with Crippen molar-refractivity contribution in [1.82, 2.24) is 4.90 Å². The summed E-state index contributed by atoms with van der Waals surface area (Å²) in [5.74, 6) is -4.00. The van der Waals surface area contributed by atoms with Crippen LogP contribution >= 0.6 is 0 Å². The summed E-state index contributed by atoms with van der Waals surface area (Å²) in [6.07, 6.45) is 0. The molecule has 9 nitrogen and oxygen atoms in total. The molecule has 1 aromatic rings. The topological polar surface area (TPSA) is 130 Å². The second kappa shape index (κ2) is 9.08. The van der Waals surface area contributed by atoms with Gasteiger partial charge >= 0.3 is 11.9 Å². The van der Waals surface area contributed by atoms with Gasteiger partial charge in [-0.2, -0.15) is 0 Å². The Labute approximate surface area is 174 Å². The quantitative estimate of drug-likeness (QED) is 0.485. The zero-order chi connectivity index (χ0) is 22.7. The molecule has 0 fully saturated rings. The molecule has 0 aromatic heterocycles. The third-order valence-electron chi connectivity index (χ3n) is 5.35. The number of carboxylic acids is 2. The Balaban J connectivity index is 2.90. The van der Waals surface area contributed by atoms with Crippen LogP contribution in [0.3, 0.4) is 0 Å². The van der Waals surface area contributed by atoms with Gasteiger partial charge in [0.05, 0.1) is 28.6 Å². The molecule has 0 amide bonds. The molecule has 0 bridgehead atoms. The Kier molecular flexibility index (Phi) is 6.99. The van der Waals surface area contributed by atoms with Gasteiger partial charge in [0, 0.05) is 36.7 Å². The fourth-order valence-electron chi connectivity index (χ4n) is 4.10. The number of methoxy groups -OCH3 is 1. The average molecular weight is 418 g/mol. The zero-order valence-corrected chi connectivity index (χ0v) is 17.6. The Morgan fingerprint density at radius 1 is 1.17 bits per heavy atom. The molecular formula is C21H26N2O7. The molecule has 1 heterocycles. The van der Waals surface area contributed by atoms with Crippen LogP contribution in [0.5, 0.6) is 0 Å². The lowest BCUT2D eigenvalue weighted by molar-refractivity contribution is -0.385. The van der Waals surface area contributed by atoms with Gasteiger partial charge in [0.25, 0.3) is 5.69 Å². The lowest BCUT2D eigenvalue weighted by Gasteiger charge is -2.37. The van der Waals surface area contributed by atoms with E-state index in [2.05, 4.69) is 0 Å². The fraction of sp³-hybridized carbons (Fsp3) is 0.429. The van der Waals surface area contributed by atoms with Crippen LogP contribution in [0.2, 0.25) is 0 Å². The predicted octanol–water partition coefficient (Wildman–Crippen LogP) is 3.48. The number of carboxylic acid groups (broad SMARTS) is 2. The number of carbonyl (C=O) groups is 2. The minimum absolute atomic E-state index is 0.114. The number of nitrogens with zero attached hydrogens (tertiary/aromatic N) is 2. The molecule has 0 atom stereocenters. The second-order valence-corrected chi connectivity index (χ2v) is 7.38. The van der Waals surface area contributed by atoms with Crippen molar-refractivity contribution in [1.29, 1.82) is 0 Å². The van der Waals surface area contributed by atoms with Crippen molar-refractivity contribution < 1.29 is 29.5 Å². The van der Waals surface area contributed by atoms with E-state index in [0.29, 0.717) is 22.5 Å². The Morgan fingerprint density at radius 3 is 2.10 bits per heavy atom. The van der Waals surface area contributed by atoms with Crippen LogP contribution in [0, 0.1) is 10.1 Å². The molecule has 0 radical (unpaired) electrons. The number of rotatable bonds is 8. The van der Waals surface area contributed by atoms with E-state index in [1.165, 1.54) is 19.2 Å². The Hall–Kier alpha value is -3.20. The summed E-state index contributed by atoms with van der Waals surface area (Å²) in [6, 6.07) is 4.38. The van der Waals surface area contributed by atoms with E-state index < -0.39 is 22.8 Å². The van der Waals surface area contributed by atoms with E-state index in [1.807, 2.05) is 0 Å². The van der Waals surface area contributed by atoms with E-state index in [0.717, 1.165) is 0 Å². The van der Waals surface area contributed by atoms with Gasteiger partial charge in [-0.15, -0.1) is 0 Å². The number of nitro groups is 1. The van der Waals surface area contributed by atoms with Gasteiger partial charge in [0.15, 0.2) is 0 Å². The molecule has 0 saturated carbocycles. The number of hydrogen-bond acceptors (Lipinski definition) is 6. The average Bonchev–Trinajstić information content (AvgIpc) is 2.65. The number of benzene rings is 1. The summed E-state index contributed by atoms with van der Waals surface area (Å²) in [7, 11) is 1.50. The van der Waals surface area contributed by atoms with E-state index in [-0.39, 0.29) is 35.9 Å². The summed E-state index contributed by atoms with van der Waals surface area (Å²) >= 11 is 0. The van der Waals surface area contributed by atoms with Gasteiger partial charge in [0.2, 0.25) is 0 Å². The molecule has 1 aliphatic heterocycles. The van der Waals surface area contributed by atoms with Gasteiger partial charge in [-0.3, -0.25) is 10.1 Å². The third kappa shape index (κ3) is 4.06. The second-order valence-electron chi connectivity index (χ2n) is 7.38. The highest BCUT2D eigenvalue weighted by atomic mass is 16.6. The van der Waals surface area contributed by atoms with Crippen LogP contribution in [-0.2, 0) is 14.3 Å². The SMILES string of the molecule is COCCN1C(C)=C(C(=O)O)C(c2cccc([N+](=O)[O-])c2C(C)C)C(C(=O)O)=C1C. The van der Waals surface area contributed by atoms with Crippen LogP contribution in [0.15, 0.2) is 40.7 Å². The van der Waals surface area contributed by atoms with E-state index >= 15 is 0 Å². The van der Waals surface area contributed by atoms with Crippen LogP contribution in [0.4, 0.5) is 5.69 Å². The monoisotopic (exact) mass is 418 g/mol. The van der Waals surface area contributed by atoms with Crippen LogP contribution in [0.25, 0.3) is 0 Å². The largest absolute Gasteiger partial charge is 0.478 e. The first kappa shape index (κ1) is 23.1. The smallest absolute Gasteiger partial charge is 0.334 e. The summed E-state index contributed by atoms with van der Waals surface area (Å²) in [6.45, 7) is 7.29. The minimum atomic E-state index is -1.27. The highest BCUT2D eigenvalue weighted by Gasteiger charge is 2.41.